The van der Waals surface area contributed by atoms with E-state index in [9.17, 15) is 0 Å². The smallest absolute Gasteiger partial charge is 0.124 e. The lowest BCUT2D eigenvalue weighted by Crippen LogP contribution is -2.11. The first kappa shape index (κ1) is 12.1. The molecule has 2 aromatic rings. The van der Waals surface area contributed by atoms with Gasteiger partial charge in [0.05, 0.1) is 5.69 Å². The molecule has 0 bridgehead atoms. The van der Waals surface area contributed by atoms with E-state index in [4.69, 9.17) is 5.73 Å². The fourth-order valence-electron chi connectivity index (χ4n) is 1.37. The zero-order chi connectivity index (χ0) is 11.4. The van der Waals surface area contributed by atoms with Gasteiger partial charge in [0, 0.05) is 22.4 Å². The lowest BCUT2D eigenvalue weighted by Gasteiger charge is -2.06. The molecule has 2 N–H and O–H groups in total. The molecule has 86 valence electrons. The van der Waals surface area contributed by atoms with Crippen LogP contribution in [0.3, 0.4) is 0 Å². The summed E-state index contributed by atoms with van der Waals surface area (Å²) in [6.45, 7) is 0. The van der Waals surface area contributed by atoms with Crippen molar-refractivity contribution in [2.45, 2.75) is 12.5 Å². The summed E-state index contributed by atoms with van der Waals surface area (Å²) in [5, 5.41) is 7.36. The van der Waals surface area contributed by atoms with Crippen LogP contribution in [0.4, 0.5) is 0 Å². The molecule has 16 heavy (non-hydrogen) atoms. The molecule has 0 aliphatic rings. The van der Waals surface area contributed by atoms with Gasteiger partial charge in [-0.25, -0.2) is 4.98 Å². The van der Waals surface area contributed by atoms with E-state index in [2.05, 4.69) is 33.4 Å². The quantitative estimate of drug-likeness (QED) is 0.902. The number of hydrogen-bond acceptors (Lipinski definition) is 5. The molecule has 0 spiro atoms. The van der Waals surface area contributed by atoms with E-state index in [0.717, 1.165) is 22.9 Å². The fraction of sp³-hybridized carbons (Fsp3) is 0.364. The first-order valence-electron chi connectivity index (χ1n) is 5.03. The summed E-state index contributed by atoms with van der Waals surface area (Å²) in [6, 6.07) is 2.18. The third-order valence-electron chi connectivity index (χ3n) is 2.30. The normalized spacial score (nSPS) is 12.9. The van der Waals surface area contributed by atoms with Crippen molar-refractivity contribution in [1.82, 2.24) is 4.98 Å². The van der Waals surface area contributed by atoms with Crippen LogP contribution in [0.1, 0.15) is 18.2 Å². The number of nitrogens with two attached hydrogens (primary N) is 1. The van der Waals surface area contributed by atoms with Crippen molar-refractivity contribution >= 4 is 34.4 Å². The number of rotatable bonds is 5. The van der Waals surface area contributed by atoms with Gasteiger partial charge in [0.1, 0.15) is 5.01 Å². The predicted molar refractivity (Wildman–Crippen MR) is 75.4 cm³/mol. The molecule has 0 fully saturated rings. The highest BCUT2D eigenvalue weighted by molar-refractivity contribution is 7.98. The number of nitrogens with zero attached hydrogens (tertiary/aromatic N) is 1. The summed E-state index contributed by atoms with van der Waals surface area (Å²) < 4.78 is 0. The SMILES string of the molecule is CSCCC(N)c1csc(-c2ccsc2)n1. The Morgan fingerprint density at radius 3 is 3.06 bits per heavy atom. The minimum Gasteiger partial charge on any atom is -0.323 e. The second-order valence-electron chi connectivity index (χ2n) is 3.48. The number of thiazole rings is 1. The minimum absolute atomic E-state index is 0.0797. The standard InChI is InChI=1S/C11H14N2S3/c1-14-4-3-9(12)10-7-16-11(13-10)8-2-5-15-6-8/h2,5-7,9H,3-4,12H2,1H3. The molecule has 2 heterocycles. The van der Waals surface area contributed by atoms with Gasteiger partial charge in [-0.2, -0.15) is 23.1 Å². The fourth-order valence-corrected chi connectivity index (χ4v) is 3.45. The Kier molecular flexibility index (Phi) is 4.40. The van der Waals surface area contributed by atoms with Gasteiger partial charge in [-0.15, -0.1) is 11.3 Å². The van der Waals surface area contributed by atoms with E-state index in [-0.39, 0.29) is 6.04 Å². The average Bonchev–Trinajstić information content (AvgIpc) is 2.94. The first-order valence-corrected chi connectivity index (χ1v) is 8.25. The van der Waals surface area contributed by atoms with Crippen LogP contribution in [0.15, 0.2) is 22.2 Å². The molecule has 2 nitrogen and oxygen atoms in total. The van der Waals surface area contributed by atoms with Crippen molar-refractivity contribution in [3.63, 3.8) is 0 Å². The Morgan fingerprint density at radius 2 is 2.38 bits per heavy atom. The zero-order valence-corrected chi connectivity index (χ0v) is 11.5. The molecule has 0 radical (unpaired) electrons. The highest BCUT2D eigenvalue weighted by Gasteiger charge is 2.11. The second kappa shape index (κ2) is 5.82. The van der Waals surface area contributed by atoms with E-state index in [1.165, 1.54) is 5.56 Å². The van der Waals surface area contributed by atoms with Crippen LogP contribution in [-0.4, -0.2) is 17.0 Å². The van der Waals surface area contributed by atoms with Gasteiger partial charge in [0.15, 0.2) is 0 Å². The maximum atomic E-state index is 6.08. The second-order valence-corrected chi connectivity index (χ2v) is 6.10. The maximum absolute atomic E-state index is 6.08. The lowest BCUT2D eigenvalue weighted by atomic mass is 10.2. The summed E-state index contributed by atoms with van der Waals surface area (Å²) >= 11 is 5.20. The van der Waals surface area contributed by atoms with E-state index in [0.29, 0.717) is 0 Å². The van der Waals surface area contributed by atoms with E-state index in [1.54, 1.807) is 22.7 Å². The Hall–Kier alpha value is -0.360. The van der Waals surface area contributed by atoms with Crippen LogP contribution in [-0.2, 0) is 0 Å². The topological polar surface area (TPSA) is 38.9 Å². The molecule has 2 aromatic heterocycles. The van der Waals surface area contributed by atoms with E-state index in [1.807, 2.05) is 11.8 Å². The van der Waals surface area contributed by atoms with Gasteiger partial charge in [-0.1, -0.05) is 0 Å². The van der Waals surface area contributed by atoms with Crippen molar-refractivity contribution in [3.05, 3.63) is 27.9 Å². The summed E-state index contributed by atoms with van der Waals surface area (Å²) in [4.78, 5) is 4.60. The van der Waals surface area contributed by atoms with Crippen molar-refractivity contribution in [2.75, 3.05) is 12.0 Å². The summed E-state index contributed by atoms with van der Waals surface area (Å²) in [7, 11) is 0. The number of aromatic nitrogens is 1. The Balaban J connectivity index is 2.07. The highest BCUT2D eigenvalue weighted by atomic mass is 32.2. The van der Waals surface area contributed by atoms with Crippen LogP contribution in [0.2, 0.25) is 0 Å². The Labute approximate surface area is 108 Å². The number of hydrogen-bond donors (Lipinski definition) is 1. The molecule has 0 amide bonds. The van der Waals surface area contributed by atoms with Crippen LogP contribution in [0, 0.1) is 0 Å². The Morgan fingerprint density at radius 1 is 1.50 bits per heavy atom. The summed E-state index contributed by atoms with van der Waals surface area (Å²) in [6.07, 6.45) is 3.10. The van der Waals surface area contributed by atoms with Gasteiger partial charge in [-0.3, -0.25) is 0 Å². The molecule has 2 rings (SSSR count). The van der Waals surface area contributed by atoms with Crippen LogP contribution in [0.5, 0.6) is 0 Å². The molecule has 0 saturated carbocycles. The summed E-state index contributed by atoms with van der Waals surface area (Å²) in [5.41, 5.74) is 8.32. The van der Waals surface area contributed by atoms with Crippen molar-refractivity contribution in [3.8, 4) is 10.6 Å². The predicted octanol–water partition coefficient (Wildman–Crippen LogP) is 3.62. The average molecular weight is 270 g/mol. The van der Waals surface area contributed by atoms with E-state index >= 15 is 0 Å². The van der Waals surface area contributed by atoms with Gasteiger partial charge in [-0.05, 0) is 29.9 Å². The maximum Gasteiger partial charge on any atom is 0.124 e. The van der Waals surface area contributed by atoms with E-state index < -0.39 is 0 Å². The van der Waals surface area contributed by atoms with Crippen LogP contribution in [0.25, 0.3) is 10.6 Å². The molecule has 0 aromatic carbocycles. The van der Waals surface area contributed by atoms with Crippen LogP contribution < -0.4 is 5.73 Å². The molecule has 0 saturated heterocycles. The lowest BCUT2D eigenvalue weighted by molar-refractivity contribution is 0.687. The van der Waals surface area contributed by atoms with Gasteiger partial charge >= 0.3 is 0 Å². The largest absolute Gasteiger partial charge is 0.323 e. The molecular weight excluding hydrogens is 256 g/mol. The summed E-state index contributed by atoms with van der Waals surface area (Å²) in [5.74, 6) is 1.09. The first-order chi connectivity index (χ1) is 7.81. The highest BCUT2D eigenvalue weighted by Crippen LogP contribution is 2.28. The molecular formula is C11H14N2S3. The zero-order valence-electron chi connectivity index (χ0n) is 9.05. The monoisotopic (exact) mass is 270 g/mol. The Bertz CT molecular complexity index is 422. The van der Waals surface area contributed by atoms with Crippen molar-refractivity contribution in [2.24, 2.45) is 5.73 Å². The number of thioether (sulfide) groups is 1. The van der Waals surface area contributed by atoms with Gasteiger partial charge in [0.25, 0.3) is 0 Å². The third kappa shape index (κ3) is 2.85. The molecule has 0 aliphatic carbocycles. The molecule has 5 heteroatoms. The van der Waals surface area contributed by atoms with Gasteiger partial charge in [0.2, 0.25) is 0 Å². The molecule has 0 aliphatic heterocycles. The number of thiophene rings is 1. The van der Waals surface area contributed by atoms with Crippen LogP contribution >= 0.6 is 34.4 Å². The van der Waals surface area contributed by atoms with Gasteiger partial charge < -0.3 is 5.73 Å². The molecule has 1 atom stereocenters. The third-order valence-corrected chi connectivity index (χ3v) is 4.54. The molecule has 1 unspecified atom stereocenters. The van der Waals surface area contributed by atoms with Crippen molar-refractivity contribution < 1.29 is 0 Å². The van der Waals surface area contributed by atoms with Crippen molar-refractivity contribution in [1.29, 1.82) is 0 Å². The minimum atomic E-state index is 0.0797.